The molecule has 1 aromatic carbocycles. The molecule has 1 aliphatic heterocycles. The average Bonchev–Trinajstić information content (AvgIpc) is 3.05. The largest absolute Gasteiger partial charge is 0.525 e. The number of nitrogens with zero attached hydrogens (tertiary/aromatic N) is 3. The van der Waals surface area contributed by atoms with Crippen molar-refractivity contribution < 1.29 is 13.7 Å². The van der Waals surface area contributed by atoms with Crippen molar-refractivity contribution in [3.05, 3.63) is 52.5 Å². The summed E-state index contributed by atoms with van der Waals surface area (Å²) in [6, 6.07) is 6.28. The van der Waals surface area contributed by atoms with Crippen molar-refractivity contribution in [2.45, 2.75) is 59.3 Å². The summed E-state index contributed by atoms with van der Waals surface area (Å²) in [4.78, 5) is 0. The van der Waals surface area contributed by atoms with E-state index in [9.17, 15) is 4.39 Å². The third kappa shape index (κ3) is 3.74. The SMILES string of the molecule is Cc1ccc(C)c(Cn2cc(C=C(F)B3OC(C)(C)C(C)(C)O3)nn2)c1. The van der Waals surface area contributed by atoms with Crippen molar-refractivity contribution in [2.75, 3.05) is 0 Å². The Morgan fingerprint density at radius 2 is 1.85 bits per heavy atom. The number of halogens is 1. The molecule has 1 aliphatic rings. The number of aromatic nitrogens is 3. The molecular formula is C19H25BFN3O2. The maximum atomic E-state index is 14.6. The minimum absolute atomic E-state index is 0.433. The van der Waals surface area contributed by atoms with Gasteiger partial charge < -0.3 is 9.31 Å². The highest BCUT2D eigenvalue weighted by Crippen LogP contribution is 2.38. The number of benzene rings is 1. The van der Waals surface area contributed by atoms with Gasteiger partial charge in [-0.25, -0.2) is 9.07 Å². The molecule has 1 aromatic heterocycles. The molecule has 0 aliphatic carbocycles. The summed E-state index contributed by atoms with van der Waals surface area (Å²) < 4.78 is 27.7. The maximum absolute atomic E-state index is 14.6. The van der Waals surface area contributed by atoms with Crippen molar-refractivity contribution in [3.8, 4) is 0 Å². The van der Waals surface area contributed by atoms with Gasteiger partial charge in [0.15, 0.2) is 0 Å². The molecule has 3 rings (SSSR count). The molecule has 0 spiro atoms. The summed E-state index contributed by atoms with van der Waals surface area (Å²) >= 11 is 0. The molecule has 0 saturated carbocycles. The van der Waals surface area contributed by atoms with Gasteiger partial charge >= 0.3 is 7.12 Å². The van der Waals surface area contributed by atoms with Gasteiger partial charge in [-0.05, 0) is 58.7 Å². The Morgan fingerprint density at radius 1 is 1.19 bits per heavy atom. The van der Waals surface area contributed by atoms with Crippen molar-refractivity contribution in [1.29, 1.82) is 0 Å². The van der Waals surface area contributed by atoms with E-state index in [-0.39, 0.29) is 0 Å². The lowest BCUT2D eigenvalue weighted by Gasteiger charge is -2.32. The molecule has 7 heteroatoms. The number of hydrogen-bond acceptors (Lipinski definition) is 4. The Bertz CT molecular complexity index is 829. The van der Waals surface area contributed by atoms with Gasteiger partial charge in [-0.15, -0.1) is 5.10 Å². The monoisotopic (exact) mass is 357 g/mol. The summed E-state index contributed by atoms with van der Waals surface area (Å²) in [6.45, 7) is 12.3. The fourth-order valence-corrected chi connectivity index (χ4v) is 2.77. The highest BCUT2D eigenvalue weighted by molar-refractivity contribution is 6.54. The van der Waals surface area contributed by atoms with Crippen LogP contribution in [0.25, 0.3) is 6.08 Å². The van der Waals surface area contributed by atoms with E-state index in [1.54, 1.807) is 10.9 Å². The summed E-state index contributed by atoms with van der Waals surface area (Å²) in [5.41, 5.74) is 2.30. The zero-order chi connectivity index (χ0) is 19.1. The minimum Gasteiger partial charge on any atom is -0.398 e. The summed E-state index contributed by atoms with van der Waals surface area (Å²) in [7, 11) is -1.02. The molecule has 2 aromatic rings. The second-order valence-corrected chi connectivity index (χ2v) is 7.89. The minimum atomic E-state index is -1.02. The van der Waals surface area contributed by atoms with E-state index in [1.165, 1.54) is 17.2 Å². The first-order valence-corrected chi connectivity index (χ1v) is 8.76. The maximum Gasteiger partial charge on any atom is 0.525 e. The van der Waals surface area contributed by atoms with E-state index >= 15 is 0 Å². The van der Waals surface area contributed by atoms with Crippen LogP contribution in [0.2, 0.25) is 0 Å². The fourth-order valence-electron chi connectivity index (χ4n) is 2.77. The third-order valence-corrected chi connectivity index (χ3v) is 5.16. The molecule has 0 unspecified atom stereocenters. The topological polar surface area (TPSA) is 49.2 Å². The number of rotatable bonds is 4. The van der Waals surface area contributed by atoms with Crippen LogP contribution in [0.4, 0.5) is 4.39 Å². The predicted molar refractivity (Wildman–Crippen MR) is 100 cm³/mol. The highest BCUT2D eigenvalue weighted by atomic mass is 19.1. The van der Waals surface area contributed by atoms with E-state index in [1.807, 2.05) is 27.7 Å². The van der Waals surface area contributed by atoms with E-state index in [0.717, 1.165) is 5.56 Å². The first kappa shape index (κ1) is 18.8. The van der Waals surface area contributed by atoms with Gasteiger partial charge in [0.2, 0.25) is 0 Å². The van der Waals surface area contributed by atoms with Crippen molar-refractivity contribution in [1.82, 2.24) is 15.0 Å². The van der Waals surface area contributed by atoms with Gasteiger partial charge in [-0.1, -0.05) is 29.0 Å². The van der Waals surface area contributed by atoms with Gasteiger partial charge in [-0.2, -0.15) is 0 Å². The van der Waals surface area contributed by atoms with Crippen LogP contribution in [-0.4, -0.2) is 33.3 Å². The van der Waals surface area contributed by atoms with Gasteiger partial charge in [0.25, 0.3) is 0 Å². The van der Waals surface area contributed by atoms with Crippen molar-refractivity contribution in [2.24, 2.45) is 0 Å². The molecule has 2 heterocycles. The zero-order valence-corrected chi connectivity index (χ0v) is 16.2. The van der Waals surface area contributed by atoms with Crippen LogP contribution in [0.15, 0.2) is 30.1 Å². The normalized spacial score (nSPS) is 19.2. The van der Waals surface area contributed by atoms with E-state index in [4.69, 9.17) is 9.31 Å². The Hall–Kier alpha value is -1.99. The van der Waals surface area contributed by atoms with E-state index in [2.05, 4.69) is 42.4 Å². The highest BCUT2D eigenvalue weighted by Gasteiger charge is 2.53. The Balaban J connectivity index is 1.74. The molecule has 5 nitrogen and oxygen atoms in total. The molecule has 0 N–H and O–H groups in total. The van der Waals surface area contributed by atoms with E-state index in [0.29, 0.717) is 12.2 Å². The molecule has 138 valence electrons. The summed E-state index contributed by atoms with van der Waals surface area (Å²) in [5.74, 6) is 0. The smallest absolute Gasteiger partial charge is 0.398 e. The van der Waals surface area contributed by atoms with Crippen LogP contribution in [-0.2, 0) is 15.9 Å². The summed E-state index contributed by atoms with van der Waals surface area (Å²) in [6.07, 6.45) is 3.03. The first-order valence-electron chi connectivity index (χ1n) is 8.76. The van der Waals surface area contributed by atoms with Gasteiger partial charge in [0, 0.05) is 0 Å². The molecule has 0 atom stereocenters. The molecule has 0 bridgehead atoms. The van der Waals surface area contributed by atoms with Gasteiger partial charge in [0.05, 0.1) is 23.9 Å². The molecule has 26 heavy (non-hydrogen) atoms. The van der Waals surface area contributed by atoms with Crippen LogP contribution in [0.5, 0.6) is 0 Å². The van der Waals surface area contributed by atoms with Crippen LogP contribution in [0.3, 0.4) is 0 Å². The van der Waals surface area contributed by atoms with Crippen LogP contribution in [0, 0.1) is 13.8 Å². The first-order chi connectivity index (χ1) is 12.1. The van der Waals surface area contributed by atoms with Crippen molar-refractivity contribution in [3.63, 3.8) is 0 Å². The predicted octanol–water partition coefficient (Wildman–Crippen LogP) is 3.89. The second kappa shape index (κ2) is 6.63. The fraction of sp³-hybridized carbons (Fsp3) is 0.474. The molecular weight excluding hydrogens is 332 g/mol. The quantitative estimate of drug-likeness (QED) is 0.779. The van der Waals surface area contributed by atoms with Gasteiger partial charge in [0.1, 0.15) is 11.4 Å². The molecule has 1 saturated heterocycles. The van der Waals surface area contributed by atoms with Crippen molar-refractivity contribution >= 4 is 13.2 Å². The third-order valence-electron chi connectivity index (χ3n) is 5.16. The summed E-state index contributed by atoms with van der Waals surface area (Å²) in [5, 5.41) is 8.13. The Labute approximate surface area is 154 Å². The van der Waals surface area contributed by atoms with Crippen LogP contribution in [0.1, 0.15) is 50.1 Å². The van der Waals surface area contributed by atoms with Crippen LogP contribution >= 0.6 is 0 Å². The lowest BCUT2D eigenvalue weighted by Crippen LogP contribution is -2.41. The standard InChI is InChI=1S/C19H25BFN3O2/c1-13-7-8-14(2)15(9-13)11-24-12-16(22-23-24)10-17(21)20-25-18(3,4)19(5,6)26-20/h7-10,12H,11H2,1-6H3. The lowest BCUT2D eigenvalue weighted by atomic mass is 9.87. The number of aryl methyl sites for hydroxylation is 2. The average molecular weight is 357 g/mol. The Morgan fingerprint density at radius 3 is 2.50 bits per heavy atom. The second-order valence-electron chi connectivity index (χ2n) is 7.89. The molecule has 0 amide bonds. The lowest BCUT2D eigenvalue weighted by molar-refractivity contribution is 0.00578. The Kier molecular flexibility index (Phi) is 4.79. The van der Waals surface area contributed by atoms with Crippen LogP contribution < -0.4 is 0 Å². The van der Waals surface area contributed by atoms with E-state index < -0.39 is 24.0 Å². The molecule has 0 radical (unpaired) electrons. The number of hydrogen-bond donors (Lipinski definition) is 0. The van der Waals surface area contributed by atoms with Gasteiger partial charge in [-0.3, -0.25) is 0 Å². The zero-order valence-electron chi connectivity index (χ0n) is 16.2. The molecule has 1 fully saturated rings.